The molecular formula is C17H34N2O. The van der Waals surface area contributed by atoms with E-state index in [1.165, 1.54) is 32.1 Å². The minimum absolute atomic E-state index is 0.693. The van der Waals surface area contributed by atoms with Gasteiger partial charge >= 0.3 is 0 Å². The quantitative estimate of drug-likeness (QED) is 0.811. The van der Waals surface area contributed by atoms with E-state index in [9.17, 15) is 0 Å². The van der Waals surface area contributed by atoms with Gasteiger partial charge in [0.15, 0.2) is 0 Å². The lowest BCUT2D eigenvalue weighted by atomic mass is 9.87. The van der Waals surface area contributed by atoms with Crippen molar-refractivity contribution in [1.29, 1.82) is 0 Å². The smallest absolute Gasteiger partial charge is 0.0594 e. The summed E-state index contributed by atoms with van der Waals surface area (Å²) in [5.41, 5.74) is 0. The molecular weight excluding hydrogens is 248 g/mol. The van der Waals surface area contributed by atoms with Crippen LogP contribution in [0, 0.1) is 11.8 Å². The van der Waals surface area contributed by atoms with Crippen LogP contribution >= 0.6 is 0 Å². The molecule has 2 fully saturated rings. The summed E-state index contributed by atoms with van der Waals surface area (Å²) in [4.78, 5) is 2.64. The van der Waals surface area contributed by atoms with Crippen LogP contribution in [-0.2, 0) is 4.74 Å². The van der Waals surface area contributed by atoms with Gasteiger partial charge in [0.1, 0.15) is 0 Å². The molecule has 0 aromatic carbocycles. The summed E-state index contributed by atoms with van der Waals surface area (Å²) in [5.74, 6) is 1.72. The second-order valence-electron chi connectivity index (χ2n) is 7.30. The van der Waals surface area contributed by atoms with Crippen LogP contribution in [0.1, 0.15) is 52.9 Å². The monoisotopic (exact) mass is 282 g/mol. The highest BCUT2D eigenvalue weighted by Crippen LogP contribution is 2.23. The maximum absolute atomic E-state index is 5.50. The Hall–Kier alpha value is -0.120. The zero-order valence-corrected chi connectivity index (χ0v) is 13.7. The Balaban J connectivity index is 1.77. The molecule has 20 heavy (non-hydrogen) atoms. The van der Waals surface area contributed by atoms with E-state index in [-0.39, 0.29) is 0 Å². The fraction of sp³-hybridized carbons (Fsp3) is 1.00. The van der Waals surface area contributed by atoms with Crippen LogP contribution in [0.4, 0.5) is 0 Å². The first-order valence-electron chi connectivity index (χ1n) is 8.70. The topological polar surface area (TPSA) is 24.5 Å². The molecule has 2 aliphatic rings. The molecule has 1 N–H and O–H groups in total. The van der Waals surface area contributed by atoms with Crippen LogP contribution < -0.4 is 5.32 Å². The highest BCUT2D eigenvalue weighted by molar-refractivity contribution is 4.81. The molecule has 1 atom stereocenters. The zero-order chi connectivity index (χ0) is 14.4. The van der Waals surface area contributed by atoms with Gasteiger partial charge in [-0.05, 0) is 43.9 Å². The third-order valence-corrected chi connectivity index (χ3v) is 4.96. The molecule has 3 heteroatoms. The standard InChI is InChI=1S/C17H34N2O/c1-14(2)12-17(19-8-10-20-11-9-19)13-18-16-6-4-15(3)5-7-16/h14-18H,4-13H2,1-3H3. The minimum Gasteiger partial charge on any atom is -0.379 e. The fourth-order valence-electron chi connectivity index (χ4n) is 3.62. The maximum atomic E-state index is 5.50. The Morgan fingerprint density at radius 1 is 1.10 bits per heavy atom. The zero-order valence-electron chi connectivity index (χ0n) is 13.7. The van der Waals surface area contributed by atoms with E-state index in [2.05, 4.69) is 31.0 Å². The number of nitrogens with zero attached hydrogens (tertiary/aromatic N) is 1. The predicted molar refractivity (Wildman–Crippen MR) is 85.1 cm³/mol. The van der Waals surface area contributed by atoms with Crippen molar-refractivity contribution in [1.82, 2.24) is 10.2 Å². The lowest BCUT2D eigenvalue weighted by Gasteiger charge is -2.37. The van der Waals surface area contributed by atoms with Crippen molar-refractivity contribution >= 4 is 0 Å². The SMILES string of the molecule is CC(C)CC(CNC1CCC(C)CC1)N1CCOCC1. The maximum Gasteiger partial charge on any atom is 0.0594 e. The molecule has 1 aliphatic carbocycles. The lowest BCUT2D eigenvalue weighted by Crippen LogP contribution is -2.50. The van der Waals surface area contributed by atoms with E-state index in [1.54, 1.807) is 0 Å². The van der Waals surface area contributed by atoms with Gasteiger partial charge < -0.3 is 10.1 Å². The summed E-state index contributed by atoms with van der Waals surface area (Å²) in [6.45, 7) is 12.3. The molecule has 2 rings (SSSR count). The summed E-state index contributed by atoms with van der Waals surface area (Å²) in [5, 5.41) is 3.86. The van der Waals surface area contributed by atoms with E-state index in [1.807, 2.05) is 0 Å². The van der Waals surface area contributed by atoms with Crippen molar-refractivity contribution in [2.75, 3.05) is 32.8 Å². The number of nitrogens with one attached hydrogen (secondary N) is 1. The van der Waals surface area contributed by atoms with Gasteiger partial charge in [-0.3, -0.25) is 4.90 Å². The Bertz CT molecular complexity index is 256. The van der Waals surface area contributed by atoms with Crippen LogP contribution in [0.3, 0.4) is 0 Å². The molecule has 1 aliphatic heterocycles. The van der Waals surface area contributed by atoms with E-state index in [0.29, 0.717) is 6.04 Å². The van der Waals surface area contributed by atoms with Gasteiger partial charge in [-0.15, -0.1) is 0 Å². The second-order valence-corrected chi connectivity index (χ2v) is 7.30. The van der Waals surface area contributed by atoms with Gasteiger partial charge in [0.25, 0.3) is 0 Å². The predicted octanol–water partition coefficient (Wildman–Crippen LogP) is 2.90. The molecule has 118 valence electrons. The summed E-state index contributed by atoms with van der Waals surface area (Å²) in [7, 11) is 0. The molecule has 0 bridgehead atoms. The number of morpholine rings is 1. The molecule has 0 aromatic heterocycles. The Morgan fingerprint density at radius 2 is 1.75 bits per heavy atom. The van der Waals surface area contributed by atoms with Crippen molar-refractivity contribution < 1.29 is 4.74 Å². The molecule has 0 radical (unpaired) electrons. The number of hydrogen-bond donors (Lipinski definition) is 1. The van der Waals surface area contributed by atoms with Crippen molar-refractivity contribution in [3.05, 3.63) is 0 Å². The second kappa shape index (κ2) is 8.35. The van der Waals surface area contributed by atoms with Gasteiger partial charge in [-0.25, -0.2) is 0 Å². The fourth-order valence-corrected chi connectivity index (χ4v) is 3.62. The first kappa shape index (κ1) is 16.3. The molecule has 1 saturated carbocycles. The van der Waals surface area contributed by atoms with Crippen molar-refractivity contribution in [2.24, 2.45) is 11.8 Å². The third-order valence-electron chi connectivity index (χ3n) is 4.96. The summed E-state index contributed by atoms with van der Waals surface area (Å²) >= 11 is 0. The van der Waals surface area contributed by atoms with Crippen molar-refractivity contribution in [3.63, 3.8) is 0 Å². The minimum atomic E-state index is 0.693. The van der Waals surface area contributed by atoms with Crippen LogP contribution in [0.25, 0.3) is 0 Å². The molecule has 1 unspecified atom stereocenters. The average molecular weight is 282 g/mol. The van der Waals surface area contributed by atoms with E-state index < -0.39 is 0 Å². The molecule has 0 spiro atoms. The first-order chi connectivity index (χ1) is 9.65. The number of hydrogen-bond acceptors (Lipinski definition) is 3. The highest BCUT2D eigenvalue weighted by Gasteiger charge is 2.24. The number of rotatable bonds is 6. The van der Waals surface area contributed by atoms with Gasteiger partial charge in [-0.1, -0.05) is 20.8 Å². The highest BCUT2D eigenvalue weighted by atomic mass is 16.5. The largest absolute Gasteiger partial charge is 0.379 e. The van der Waals surface area contributed by atoms with Crippen LogP contribution in [0.5, 0.6) is 0 Å². The average Bonchev–Trinajstić information content (AvgIpc) is 2.46. The molecule has 0 amide bonds. The molecule has 0 aromatic rings. The van der Waals surface area contributed by atoms with Gasteiger partial charge in [-0.2, -0.15) is 0 Å². The van der Waals surface area contributed by atoms with Crippen molar-refractivity contribution in [2.45, 2.75) is 65.0 Å². The third kappa shape index (κ3) is 5.34. The van der Waals surface area contributed by atoms with E-state index in [4.69, 9.17) is 4.74 Å². The summed E-state index contributed by atoms with van der Waals surface area (Å²) < 4.78 is 5.50. The molecule has 1 saturated heterocycles. The van der Waals surface area contributed by atoms with Crippen LogP contribution in [0.2, 0.25) is 0 Å². The van der Waals surface area contributed by atoms with Crippen LogP contribution in [0.15, 0.2) is 0 Å². The molecule has 3 nitrogen and oxygen atoms in total. The summed E-state index contributed by atoms with van der Waals surface area (Å²) in [6.07, 6.45) is 6.86. The Morgan fingerprint density at radius 3 is 2.35 bits per heavy atom. The Kier molecular flexibility index (Phi) is 6.79. The normalized spacial score (nSPS) is 30.6. The summed E-state index contributed by atoms with van der Waals surface area (Å²) in [6, 6.07) is 1.46. The van der Waals surface area contributed by atoms with E-state index >= 15 is 0 Å². The van der Waals surface area contributed by atoms with Crippen LogP contribution in [-0.4, -0.2) is 49.8 Å². The first-order valence-corrected chi connectivity index (χ1v) is 8.70. The number of ether oxygens (including phenoxy) is 1. The lowest BCUT2D eigenvalue weighted by molar-refractivity contribution is 0.0115. The van der Waals surface area contributed by atoms with Gasteiger partial charge in [0.05, 0.1) is 13.2 Å². The van der Waals surface area contributed by atoms with Gasteiger partial charge in [0, 0.05) is 31.7 Å². The molecule has 1 heterocycles. The van der Waals surface area contributed by atoms with Crippen molar-refractivity contribution in [3.8, 4) is 0 Å². The Labute approximate surface area is 125 Å². The van der Waals surface area contributed by atoms with E-state index in [0.717, 1.165) is 50.7 Å². The van der Waals surface area contributed by atoms with Gasteiger partial charge in [0.2, 0.25) is 0 Å².